The summed E-state index contributed by atoms with van der Waals surface area (Å²) in [5.74, 6) is 0. The number of sulfonamides is 1. The van der Waals surface area contributed by atoms with Crippen LogP contribution >= 0.6 is 0 Å². The van der Waals surface area contributed by atoms with Gasteiger partial charge in [-0.25, -0.2) is 13.6 Å². The van der Waals surface area contributed by atoms with E-state index in [1.807, 2.05) is 0 Å². The van der Waals surface area contributed by atoms with Crippen molar-refractivity contribution in [1.29, 1.82) is 0 Å². The van der Waals surface area contributed by atoms with Crippen molar-refractivity contribution >= 4 is 10.0 Å². The minimum atomic E-state index is -3.39. The minimum absolute atomic E-state index is 0.352. The third-order valence-corrected chi connectivity index (χ3v) is 5.18. The van der Waals surface area contributed by atoms with E-state index in [4.69, 9.17) is 5.14 Å². The molecule has 0 aliphatic carbocycles. The number of nitrogens with two attached hydrogens (primary N) is 1. The molecule has 0 bridgehead atoms. The van der Waals surface area contributed by atoms with Crippen molar-refractivity contribution in [3.05, 3.63) is 35.4 Å². The summed E-state index contributed by atoms with van der Waals surface area (Å²) < 4.78 is 22.5. The maximum absolute atomic E-state index is 11.3. The zero-order chi connectivity index (χ0) is 13.9. The largest absolute Gasteiger partial charge is 0.312 e. The predicted octanol–water partition coefficient (Wildman–Crippen LogP) is 1.20. The van der Waals surface area contributed by atoms with E-state index in [0.29, 0.717) is 19.0 Å². The summed E-state index contributed by atoms with van der Waals surface area (Å²) in [6.07, 6.45) is 3.51. The first kappa shape index (κ1) is 14.5. The van der Waals surface area contributed by atoms with Crippen LogP contribution in [0.4, 0.5) is 0 Å². The molecule has 0 amide bonds. The second-order valence-electron chi connectivity index (χ2n) is 5.27. The Balaban J connectivity index is 1.88. The number of nitrogens with one attached hydrogen (secondary N) is 1. The van der Waals surface area contributed by atoms with Crippen molar-refractivity contribution < 1.29 is 8.42 Å². The number of piperidine rings is 1. The van der Waals surface area contributed by atoms with Crippen LogP contribution in [0.25, 0.3) is 0 Å². The number of primary sulfonamides is 1. The highest BCUT2D eigenvalue weighted by Crippen LogP contribution is 2.17. The number of hydrogen-bond donors (Lipinski definition) is 2. The standard InChI is InChI=1S/C14H22N2O2S/c1-2-11-3-5-12(6-4-11)9-13-7-8-14(10-16-13)19(15,17)18/h3-6,13-14,16H,2,7-10H2,1H3,(H2,15,17,18). The zero-order valence-corrected chi connectivity index (χ0v) is 12.1. The van der Waals surface area contributed by atoms with Crippen molar-refractivity contribution in [1.82, 2.24) is 5.32 Å². The van der Waals surface area contributed by atoms with Crippen LogP contribution < -0.4 is 10.5 Å². The molecule has 2 unspecified atom stereocenters. The lowest BCUT2D eigenvalue weighted by Gasteiger charge is -2.28. The highest BCUT2D eigenvalue weighted by Gasteiger charge is 2.27. The molecule has 1 aliphatic heterocycles. The van der Waals surface area contributed by atoms with Gasteiger partial charge in [-0.2, -0.15) is 0 Å². The summed E-state index contributed by atoms with van der Waals surface area (Å²) in [6, 6.07) is 8.99. The number of hydrogen-bond acceptors (Lipinski definition) is 3. The third-order valence-electron chi connectivity index (χ3n) is 3.85. The Kier molecular flexibility index (Phi) is 4.60. The lowest BCUT2D eigenvalue weighted by Crippen LogP contribution is -2.47. The van der Waals surface area contributed by atoms with Crippen molar-refractivity contribution in [2.45, 2.75) is 43.9 Å². The topological polar surface area (TPSA) is 72.2 Å². The van der Waals surface area contributed by atoms with Gasteiger partial charge in [0.15, 0.2) is 0 Å². The molecule has 2 rings (SSSR count). The minimum Gasteiger partial charge on any atom is -0.312 e. The predicted molar refractivity (Wildman–Crippen MR) is 77.4 cm³/mol. The summed E-state index contributed by atoms with van der Waals surface area (Å²) in [5.41, 5.74) is 2.64. The van der Waals surface area contributed by atoms with E-state index in [9.17, 15) is 8.42 Å². The Bertz CT molecular complexity index is 503. The molecular weight excluding hydrogens is 260 g/mol. The van der Waals surface area contributed by atoms with Gasteiger partial charge < -0.3 is 5.32 Å². The molecule has 3 N–H and O–H groups in total. The second kappa shape index (κ2) is 6.03. The van der Waals surface area contributed by atoms with Crippen LogP contribution in [0, 0.1) is 0 Å². The second-order valence-corrected chi connectivity index (χ2v) is 7.11. The Labute approximate surface area is 115 Å². The van der Waals surface area contributed by atoms with Gasteiger partial charge >= 0.3 is 0 Å². The molecule has 1 fully saturated rings. The first-order valence-electron chi connectivity index (χ1n) is 6.82. The van der Waals surface area contributed by atoms with E-state index in [1.165, 1.54) is 11.1 Å². The average Bonchev–Trinajstić information content (AvgIpc) is 2.39. The van der Waals surface area contributed by atoms with Crippen LogP contribution in [0.1, 0.15) is 30.9 Å². The SMILES string of the molecule is CCc1ccc(CC2CCC(S(N)(=O)=O)CN2)cc1. The molecule has 0 saturated carbocycles. The maximum Gasteiger partial charge on any atom is 0.213 e. The van der Waals surface area contributed by atoms with E-state index in [1.54, 1.807) is 0 Å². The van der Waals surface area contributed by atoms with Crippen LogP contribution in [0.15, 0.2) is 24.3 Å². The first-order chi connectivity index (χ1) is 8.99. The van der Waals surface area contributed by atoms with Gasteiger partial charge in [0.1, 0.15) is 0 Å². The lowest BCUT2D eigenvalue weighted by atomic mass is 9.97. The number of benzene rings is 1. The zero-order valence-electron chi connectivity index (χ0n) is 11.3. The molecular formula is C14H22N2O2S. The molecule has 0 radical (unpaired) electrons. The molecule has 1 aromatic carbocycles. The van der Waals surface area contributed by atoms with E-state index in [-0.39, 0.29) is 0 Å². The van der Waals surface area contributed by atoms with Gasteiger partial charge in [-0.3, -0.25) is 0 Å². The van der Waals surface area contributed by atoms with Crippen LogP contribution in [-0.4, -0.2) is 26.3 Å². The molecule has 1 aliphatic rings. The summed E-state index contributed by atoms with van der Waals surface area (Å²) in [7, 11) is -3.39. The van der Waals surface area contributed by atoms with E-state index >= 15 is 0 Å². The molecule has 1 saturated heterocycles. The first-order valence-corrected chi connectivity index (χ1v) is 8.43. The molecule has 2 atom stereocenters. The average molecular weight is 282 g/mol. The van der Waals surface area contributed by atoms with E-state index < -0.39 is 15.3 Å². The maximum atomic E-state index is 11.3. The molecule has 0 aromatic heterocycles. The van der Waals surface area contributed by atoms with Crippen LogP contribution in [-0.2, 0) is 22.9 Å². The fourth-order valence-corrected chi connectivity index (χ4v) is 3.33. The number of aryl methyl sites for hydroxylation is 1. The van der Waals surface area contributed by atoms with Gasteiger partial charge in [-0.1, -0.05) is 31.2 Å². The fraction of sp³-hybridized carbons (Fsp3) is 0.571. The normalized spacial score (nSPS) is 24.3. The van der Waals surface area contributed by atoms with Crippen molar-refractivity contribution in [2.75, 3.05) is 6.54 Å². The lowest BCUT2D eigenvalue weighted by molar-refractivity contribution is 0.396. The molecule has 19 heavy (non-hydrogen) atoms. The van der Waals surface area contributed by atoms with Crippen LogP contribution in [0.2, 0.25) is 0 Å². The van der Waals surface area contributed by atoms with Crippen molar-refractivity contribution in [2.24, 2.45) is 5.14 Å². The summed E-state index contributed by atoms with van der Waals surface area (Å²) in [5, 5.41) is 8.04. The van der Waals surface area contributed by atoms with E-state index in [2.05, 4.69) is 36.5 Å². The molecule has 4 nitrogen and oxygen atoms in total. The van der Waals surface area contributed by atoms with Gasteiger partial charge in [0.2, 0.25) is 10.0 Å². The Morgan fingerprint density at radius 1 is 1.21 bits per heavy atom. The quantitative estimate of drug-likeness (QED) is 0.871. The van der Waals surface area contributed by atoms with Crippen LogP contribution in [0.5, 0.6) is 0 Å². The summed E-state index contributed by atoms with van der Waals surface area (Å²) >= 11 is 0. The van der Waals surface area contributed by atoms with Gasteiger partial charge in [-0.15, -0.1) is 0 Å². The van der Waals surface area contributed by atoms with E-state index in [0.717, 1.165) is 19.3 Å². The number of rotatable bonds is 4. The molecule has 1 heterocycles. The Hall–Kier alpha value is -0.910. The van der Waals surface area contributed by atoms with Gasteiger partial charge in [0.25, 0.3) is 0 Å². The van der Waals surface area contributed by atoms with Crippen molar-refractivity contribution in [3.8, 4) is 0 Å². The fourth-order valence-electron chi connectivity index (χ4n) is 2.54. The van der Waals surface area contributed by atoms with Crippen molar-refractivity contribution in [3.63, 3.8) is 0 Å². The highest BCUT2D eigenvalue weighted by atomic mass is 32.2. The Morgan fingerprint density at radius 3 is 2.32 bits per heavy atom. The highest BCUT2D eigenvalue weighted by molar-refractivity contribution is 7.89. The summed E-state index contributed by atoms with van der Waals surface area (Å²) in [4.78, 5) is 0. The molecule has 106 valence electrons. The molecule has 1 aromatic rings. The smallest absolute Gasteiger partial charge is 0.213 e. The third kappa shape index (κ3) is 4.03. The van der Waals surface area contributed by atoms with Crippen LogP contribution in [0.3, 0.4) is 0 Å². The summed E-state index contributed by atoms with van der Waals surface area (Å²) in [6.45, 7) is 2.61. The van der Waals surface area contributed by atoms with Gasteiger partial charge in [-0.05, 0) is 36.8 Å². The molecule has 5 heteroatoms. The van der Waals surface area contributed by atoms with Gasteiger partial charge in [0, 0.05) is 12.6 Å². The Morgan fingerprint density at radius 2 is 1.84 bits per heavy atom. The molecule has 0 spiro atoms. The van der Waals surface area contributed by atoms with Gasteiger partial charge in [0.05, 0.1) is 5.25 Å². The monoisotopic (exact) mass is 282 g/mol.